The van der Waals surface area contributed by atoms with Gasteiger partial charge in [0.25, 0.3) is 11.8 Å². The molecule has 3 N–H and O–H groups in total. The smallest absolute Gasteiger partial charge is 0.308 e. The van der Waals surface area contributed by atoms with E-state index in [4.69, 9.17) is 4.74 Å². The van der Waals surface area contributed by atoms with Crippen molar-refractivity contribution >= 4 is 46.1 Å². The Morgan fingerprint density at radius 1 is 0.912 bits per heavy atom. The lowest BCUT2D eigenvalue weighted by Gasteiger charge is -2.11. The van der Waals surface area contributed by atoms with Crippen LogP contribution in [-0.2, 0) is 14.3 Å². The Hall–Kier alpha value is -4.11. The molecule has 3 aromatic carbocycles. The van der Waals surface area contributed by atoms with E-state index in [2.05, 4.69) is 20.8 Å². The molecule has 0 aliphatic rings. The number of benzene rings is 3. The number of para-hydroxylation sites is 2. The molecule has 4 rings (SSSR count). The first kappa shape index (κ1) is 23.1. The van der Waals surface area contributed by atoms with Crippen molar-refractivity contribution in [3.05, 3.63) is 84.6 Å². The highest BCUT2D eigenvalue weighted by Crippen LogP contribution is 2.33. The van der Waals surface area contributed by atoms with Crippen molar-refractivity contribution in [3.63, 3.8) is 0 Å². The van der Waals surface area contributed by atoms with Crippen LogP contribution in [0.2, 0.25) is 0 Å². The molecule has 0 fully saturated rings. The van der Waals surface area contributed by atoms with Gasteiger partial charge in [-0.25, -0.2) is 0 Å². The zero-order valence-electron chi connectivity index (χ0n) is 18.1. The van der Waals surface area contributed by atoms with Gasteiger partial charge in [0.05, 0.1) is 17.6 Å². The van der Waals surface area contributed by atoms with Crippen LogP contribution in [-0.4, -0.2) is 41.1 Å². The van der Waals surface area contributed by atoms with Crippen LogP contribution in [0.5, 0.6) is 0 Å². The molecule has 0 atom stereocenters. The van der Waals surface area contributed by atoms with Crippen molar-refractivity contribution in [1.82, 2.24) is 15.5 Å². The van der Waals surface area contributed by atoms with Crippen molar-refractivity contribution in [2.24, 2.45) is 0 Å². The summed E-state index contributed by atoms with van der Waals surface area (Å²) in [6, 6.07) is 24.5. The number of amides is 2. The summed E-state index contributed by atoms with van der Waals surface area (Å²) in [6.45, 7) is -0.349. The number of aromatic nitrogens is 2. The van der Waals surface area contributed by atoms with Crippen LogP contribution in [0.25, 0.3) is 10.9 Å². The van der Waals surface area contributed by atoms with E-state index in [-0.39, 0.29) is 18.7 Å². The largest absolute Gasteiger partial charge is 0.456 e. The Morgan fingerprint density at radius 2 is 1.65 bits per heavy atom. The number of aromatic amines is 1. The summed E-state index contributed by atoms with van der Waals surface area (Å²) in [5.41, 5.74) is 1.65. The predicted molar refractivity (Wildman–Crippen MR) is 130 cm³/mol. The van der Waals surface area contributed by atoms with Crippen molar-refractivity contribution in [2.45, 2.75) is 16.2 Å². The van der Waals surface area contributed by atoms with E-state index in [9.17, 15) is 14.4 Å². The van der Waals surface area contributed by atoms with Gasteiger partial charge in [-0.2, -0.15) is 5.10 Å². The third-order valence-corrected chi connectivity index (χ3v) is 5.88. The first-order chi connectivity index (χ1) is 16.6. The number of fused-ring (bicyclic) bond motifs is 1. The third kappa shape index (κ3) is 6.02. The van der Waals surface area contributed by atoms with Gasteiger partial charge in [0.1, 0.15) is 0 Å². The Bertz CT molecular complexity index is 1310. The second kappa shape index (κ2) is 11.2. The Labute approximate surface area is 200 Å². The number of carbonyl (C=O) groups is 3. The summed E-state index contributed by atoms with van der Waals surface area (Å²) in [5, 5.41) is 12.9. The van der Waals surface area contributed by atoms with Gasteiger partial charge in [-0.05, 0) is 30.3 Å². The van der Waals surface area contributed by atoms with Gasteiger partial charge in [-0.3, -0.25) is 19.5 Å². The highest BCUT2D eigenvalue weighted by molar-refractivity contribution is 7.99. The van der Waals surface area contributed by atoms with Crippen LogP contribution in [0.1, 0.15) is 16.9 Å². The fraction of sp³-hybridized carbons (Fsp3) is 0.120. The molecule has 4 aromatic rings. The average Bonchev–Trinajstić information content (AvgIpc) is 3.29. The van der Waals surface area contributed by atoms with Gasteiger partial charge in [-0.1, -0.05) is 60.3 Å². The number of nitrogens with zero attached hydrogens (tertiary/aromatic N) is 1. The first-order valence-corrected chi connectivity index (χ1v) is 11.4. The van der Waals surface area contributed by atoms with E-state index < -0.39 is 24.4 Å². The molecular formula is C25H22N4O4S. The van der Waals surface area contributed by atoms with E-state index in [0.717, 1.165) is 15.3 Å². The number of rotatable bonds is 9. The maximum absolute atomic E-state index is 12.3. The summed E-state index contributed by atoms with van der Waals surface area (Å²) >= 11 is 1.52. The summed E-state index contributed by atoms with van der Waals surface area (Å²) in [6.07, 6.45) is -0.0676. The van der Waals surface area contributed by atoms with E-state index in [1.165, 1.54) is 11.8 Å². The molecular weight excluding hydrogens is 452 g/mol. The van der Waals surface area contributed by atoms with Crippen LogP contribution in [0.4, 0.5) is 5.69 Å². The zero-order valence-corrected chi connectivity index (χ0v) is 18.9. The highest BCUT2D eigenvalue weighted by atomic mass is 32.2. The van der Waals surface area contributed by atoms with Gasteiger partial charge in [0, 0.05) is 21.7 Å². The molecule has 0 saturated heterocycles. The molecule has 0 bridgehead atoms. The van der Waals surface area contributed by atoms with E-state index in [1.54, 1.807) is 12.1 Å². The quantitative estimate of drug-likeness (QED) is 0.316. The number of esters is 1. The Balaban J connectivity index is 1.22. The molecule has 0 aliphatic heterocycles. The molecule has 2 amide bonds. The highest BCUT2D eigenvalue weighted by Gasteiger charge is 2.15. The molecule has 0 radical (unpaired) electrons. The minimum atomic E-state index is -0.589. The molecule has 1 heterocycles. The normalized spacial score (nSPS) is 10.6. The van der Waals surface area contributed by atoms with Crippen LogP contribution >= 0.6 is 11.8 Å². The summed E-state index contributed by atoms with van der Waals surface area (Å²) in [5.74, 6) is -1.42. The predicted octanol–water partition coefficient (Wildman–Crippen LogP) is 4.02. The van der Waals surface area contributed by atoms with E-state index in [1.807, 2.05) is 66.7 Å². The number of H-pyrrole nitrogens is 1. The molecule has 1 aromatic heterocycles. The van der Waals surface area contributed by atoms with E-state index in [0.29, 0.717) is 11.1 Å². The lowest BCUT2D eigenvalue weighted by molar-refractivity contribution is -0.147. The molecule has 0 unspecified atom stereocenters. The average molecular weight is 475 g/mol. The molecule has 172 valence electrons. The number of ether oxygens (including phenoxy) is 1. The van der Waals surface area contributed by atoms with Crippen LogP contribution < -0.4 is 10.6 Å². The van der Waals surface area contributed by atoms with Crippen molar-refractivity contribution in [3.8, 4) is 0 Å². The molecule has 9 heteroatoms. The topological polar surface area (TPSA) is 113 Å². The number of anilines is 1. The van der Waals surface area contributed by atoms with Crippen LogP contribution in [0.15, 0.2) is 88.7 Å². The third-order valence-electron chi connectivity index (χ3n) is 4.80. The summed E-state index contributed by atoms with van der Waals surface area (Å²) in [7, 11) is 0. The molecule has 34 heavy (non-hydrogen) atoms. The number of carbonyl (C=O) groups excluding carboxylic acids is 3. The monoisotopic (exact) mass is 474 g/mol. The lowest BCUT2D eigenvalue weighted by atomic mass is 10.2. The van der Waals surface area contributed by atoms with Gasteiger partial charge in [0.2, 0.25) is 0 Å². The summed E-state index contributed by atoms with van der Waals surface area (Å²) in [4.78, 5) is 38.6. The molecule has 0 spiro atoms. The maximum Gasteiger partial charge on any atom is 0.308 e. The standard InChI is InChI=1S/C25H22N4O4S/c30-22(27-20-12-6-7-13-21(20)34-17-8-2-1-3-9-17)16-33-23(31)14-15-26-25(32)24-18-10-4-5-11-19(18)28-29-24/h1-13H,14-16H2,(H,26,32)(H,27,30)(H,28,29). The fourth-order valence-electron chi connectivity index (χ4n) is 3.18. The van der Waals surface area contributed by atoms with Crippen molar-refractivity contribution in [2.75, 3.05) is 18.5 Å². The zero-order chi connectivity index (χ0) is 23.8. The van der Waals surface area contributed by atoms with Gasteiger partial charge >= 0.3 is 5.97 Å². The number of nitrogens with one attached hydrogen (secondary N) is 3. The first-order valence-electron chi connectivity index (χ1n) is 10.6. The van der Waals surface area contributed by atoms with E-state index >= 15 is 0 Å². The van der Waals surface area contributed by atoms with Crippen molar-refractivity contribution in [1.29, 1.82) is 0 Å². The van der Waals surface area contributed by atoms with Crippen LogP contribution in [0, 0.1) is 0 Å². The molecule has 8 nitrogen and oxygen atoms in total. The summed E-state index contributed by atoms with van der Waals surface area (Å²) < 4.78 is 5.05. The SMILES string of the molecule is O=C(COC(=O)CCNC(=O)c1n[nH]c2ccccc12)Nc1ccccc1Sc1ccccc1. The molecule has 0 saturated carbocycles. The fourth-order valence-corrected chi connectivity index (χ4v) is 4.10. The van der Waals surface area contributed by atoms with Gasteiger partial charge in [-0.15, -0.1) is 0 Å². The lowest BCUT2D eigenvalue weighted by Crippen LogP contribution is -2.28. The van der Waals surface area contributed by atoms with Crippen molar-refractivity contribution < 1.29 is 19.1 Å². The van der Waals surface area contributed by atoms with Gasteiger partial charge in [0.15, 0.2) is 12.3 Å². The second-order valence-corrected chi connectivity index (χ2v) is 8.36. The minimum Gasteiger partial charge on any atom is -0.456 e. The number of hydrogen-bond donors (Lipinski definition) is 3. The number of hydrogen-bond acceptors (Lipinski definition) is 6. The van der Waals surface area contributed by atoms with Gasteiger partial charge < -0.3 is 15.4 Å². The Morgan fingerprint density at radius 3 is 2.50 bits per heavy atom. The minimum absolute atomic E-state index is 0.0665. The molecule has 0 aliphatic carbocycles. The van der Waals surface area contributed by atoms with Crippen LogP contribution in [0.3, 0.4) is 0 Å². The second-order valence-electron chi connectivity index (χ2n) is 7.24. The Kier molecular flexibility index (Phi) is 7.56. The maximum atomic E-state index is 12.3.